The zero-order valence-electron chi connectivity index (χ0n) is 11.0. The summed E-state index contributed by atoms with van der Waals surface area (Å²) in [7, 11) is 0. The number of aromatic nitrogens is 1. The van der Waals surface area contributed by atoms with Crippen molar-refractivity contribution in [3.05, 3.63) is 59.8 Å². The van der Waals surface area contributed by atoms with Gasteiger partial charge < -0.3 is 19.9 Å². The number of phenols is 1. The first-order valence-corrected chi connectivity index (χ1v) is 6.39. The third kappa shape index (κ3) is 2.53. The summed E-state index contributed by atoms with van der Waals surface area (Å²) in [5.74, 6) is -0.460. The molecule has 0 aliphatic heterocycles. The molecule has 106 valence electrons. The van der Waals surface area contributed by atoms with Crippen LogP contribution in [0.25, 0.3) is 10.9 Å². The molecular formula is C16H13NO4. The molecular weight excluding hydrogens is 270 g/mol. The van der Waals surface area contributed by atoms with E-state index >= 15 is 0 Å². The van der Waals surface area contributed by atoms with Gasteiger partial charge in [0.2, 0.25) is 0 Å². The van der Waals surface area contributed by atoms with Crippen molar-refractivity contribution in [2.45, 2.75) is 6.61 Å². The predicted octanol–water partition coefficient (Wildman–Crippen LogP) is 3.15. The van der Waals surface area contributed by atoms with E-state index in [1.807, 2.05) is 0 Å². The molecule has 21 heavy (non-hydrogen) atoms. The molecule has 0 fully saturated rings. The van der Waals surface area contributed by atoms with Gasteiger partial charge in [0.15, 0.2) is 11.5 Å². The average molecular weight is 283 g/mol. The van der Waals surface area contributed by atoms with E-state index in [4.69, 9.17) is 9.84 Å². The molecule has 1 heterocycles. The lowest BCUT2D eigenvalue weighted by atomic mass is 10.1. The van der Waals surface area contributed by atoms with Crippen molar-refractivity contribution in [3.63, 3.8) is 0 Å². The van der Waals surface area contributed by atoms with E-state index in [9.17, 15) is 9.90 Å². The first-order valence-electron chi connectivity index (χ1n) is 6.39. The van der Waals surface area contributed by atoms with Crippen molar-refractivity contribution in [1.29, 1.82) is 0 Å². The van der Waals surface area contributed by atoms with Crippen LogP contribution in [0.15, 0.2) is 48.7 Å². The molecule has 2 aromatic carbocycles. The maximum absolute atomic E-state index is 10.9. The third-order valence-corrected chi connectivity index (χ3v) is 3.26. The molecule has 5 heteroatoms. The van der Waals surface area contributed by atoms with Gasteiger partial charge in [0.1, 0.15) is 6.61 Å². The minimum Gasteiger partial charge on any atom is -0.504 e. The number of carboxylic acid groups (broad SMARTS) is 1. The van der Waals surface area contributed by atoms with Gasteiger partial charge in [-0.15, -0.1) is 0 Å². The summed E-state index contributed by atoms with van der Waals surface area (Å²) < 4.78 is 5.58. The number of carboxylic acids is 1. The van der Waals surface area contributed by atoms with Crippen LogP contribution in [0.2, 0.25) is 0 Å². The smallest absolute Gasteiger partial charge is 0.335 e. The molecule has 3 aromatic rings. The molecule has 0 atom stereocenters. The number of carbonyl (C=O) groups is 1. The van der Waals surface area contributed by atoms with E-state index in [0.717, 1.165) is 16.5 Å². The first kappa shape index (κ1) is 13.1. The SMILES string of the molecule is O=C(O)c1ccc2c(COc3ccccc3O)c[nH]c2c1. The Labute approximate surface area is 120 Å². The molecule has 5 nitrogen and oxygen atoms in total. The number of rotatable bonds is 4. The van der Waals surface area contributed by atoms with E-state index < -0.39 is 5.97 Å². The van der Waals surface area contributed by atoms with Gasteiger partial charge in [-0.05, 0) is 24.3 Å². The number of ether oxygens (including phenoxy) is 1. The monoisotopic (exact) mass is 283 g/mol. The average Bonchev–Trinajstić information content (AvgIpc) is 2.88. The Morgan fingerprint density at radius 1 is 1.19 bits per heavy atom. The molecule has 0 amide bonds. The van der Waals surface area contributed by atoms with Crippen molar-refractivity contribution in [1.82, 2.24) is 4.98 Å². The summed E-state index contributed by atoms with van der Waals surface area (Å²) >= 11 is 0. The van der Waals surface area contributed by atoms with Crippen molar-refractivity contribution in [2.24, 2.45) is 0 Å². The highest BCUT2D eigenvalue weighted by Crippen LogP contribution is 2.27. The number of aromatic amines is 1. The number of nitrogens with one attached hydrogen (secondary N) is 1. The molecule has 0 aliphatic rings. The molecule has 0 bridgehead atoms. The van der Waals surface area contributed by atoms with Crippen LogP contribution >= 0.6 is 0 Å². The molecule has 3 N–H and O–H groups in total. The molecule has 3 rings (SSSR count). The number of hydrogen-bond acceptors (Lipinski definition) is 3. The fourth-order valence-electron chi connectivity index (χ4n) is 2.17. The summed E-state index contributed by atoms with van der Waals surface area (Å²) in [6, 6.07) is 11.6. The molecule has 0 saturated heterocycles. The molecule has 0 aliphatic carbocycles. The van der Waals surface area contributed by atoms with E-state index in [1.165, 1.54) is 0 Å². The topological polar surface area (TPSA) is 82.6 Å². The second kappa shape index (κ2) is 5.20. The van der Waals surface area contributed by atoms with Crippen LogP contribution < -0.4 is 4.74 Å². The van der Waals surface area contributed by atoms with Crippen molar-refractivity contribution < 1.29 is 19.7 Å². The zero-order chi connectivity index (χ0) is 14.8. The van der Waals surface area contributed by atoms with Gasteiger partial charge in [-0.1, -0.05) is 18.2 Å². The van der Waals surface area contributed by atoms with Gasteiger partial charge in [-0.3, -0.25) is 0 Å². The Kier molecular flexibility index (Phi) is 3.23. The summed E-state index contributed by atoms with van der Waals surface area (Å²) in [6.07, 6.45) is 1.77. The lowest BCUT2D eigenvalue weighted by Gasteiger charge is -2.07. The Morgan fingerprint density at radius 3 is 2.76 bits per heavy atom. The van der Waals surface area contributed by atoms with E-state index in [0.29, 0.717) is 5.75 Å². The Hall–Kier alpha value is -2.95. The number of phenolic OH excluding ortho intramolecular Hbond substituents is 1. The lowest BCUT2D eigenvalue weighted by molar-refractivity contribution is 0.0697. The highest BCUT2D eigenvalue weighted by Gasteiger charge is 2.09. The van der Waals surface area contributed by atoms with Crippen LogP contribution in [0.5, 0.6) is 11.5 Å². The molecule has 0 unspecified atom stereocenters. The van der Waals surface area contributed by atoms with Crippen molar-refractivity contribution in [3.8, 4) is 11.5 Å². The minimum absolute atomic E-state index is 0.0884. The minimum atomic E-state index is -0.960. The number of aromatic hydroxyl groups is 1. The largest absolute Gasteiger partial charge is 0.504 e. The molecule has 1 aromatic heterocycles. The number of H-pyrrole nitrogens is 1. The molecule has 0 saturated carbocycles. The van der Waals surface area contributed by atoms with Crippen LogP contribution in [0.4, 0.5) is 0 Å². The summed E-state index contributed by atoms with van der Waals surface area (Å²) in [6.45, 7) is 0.282. The van der Waals surface area contributed by atoms with Gasteiger partial charge in [-0.2, -0.15) is 0 Å². The molecule has 0 radical (unpaired) electrons. The van der Waals surface area contributed by atoms with E-state index in [2.05, 4.69) is 4.98 Å². The quantitative estimate of drug-likeness (QED) is 0.687. The van der Waals surface area contributed by atoms with Gasteiger partial charge in [0.25, 0.3) is 0 Å². The van der Waals surface area contributed by atoms with E-state index in [-0.39, 0.29) is 17.9 Å². The highest BCUT2D eigenvalue weighted by molar-refractivity contribution is 5.94. The van der Waals surface area contributed by atoms with Gasteiger partial charge in [0, 0.05) is 22.7 Å². The normalized spacial score (nSPS) is 10.7. The third-order valence-electron chi connectivity index (χ3n) is 3.26. The number of benzene rings is 2. The fraction of sp³-hybridized carbons (Fsp3) is 0.0625. The van der Waals surface area contributed by atoms with Crippen molar-refractivity contribution >= 4 is 16.9 Å². The zero-order valence-corrected chi connectivity index (χ0v) is 11.0. The van der Waals surface area contributed by atoms with Crippen LogP contribution in [0.1, 0.15) is 15.9 Å². The van der Waals surface area contributed by atoms with Crippen LogP contribution in [0.3, 0.4) is 0 Å². The van der Waals surface area contributed by atoms with Gasteiger partial charge in [0.05, 0.1) is 5.56 Å². The Balaban J connectivity index is 1.85. The Morgan fingerprint density at radius 2 is 2.00 bits per heavy atom. The number of para-hydroxylation sites is 2. The maximum atomic E-state index is 10.9. The number of fused-ring (bicyclic) bond motifs is 1. The predicted molar refractivity (Wildman–Crippen MR) is 77.7 cm³/mol. The highest BCUT2D eigenvalue weighted by atomic mass is 16.5. The Bertz CT molecular complexity index is 807. The van der Waals surface area contributed by atoms with Crippen LogP contribution in [-0.2, 0) is 6.61 Å². The number of aromatic carboxylic acids is 1. The number of hydrogen-bond donors (Lipinski definition) is 3. The summed E-state index contributed by atoms with van der Waals surface area (Å²) in [4.78, 5) is 14.0. The maximum Gasteiger partial charge on any atom is 0.335 e. The van der Waals surface area contributed by atoms with Gasteiger partial charge in [-0.25, -0.2) is 4.79 Å². The fourth-order valence-corrected chi connectivity index (χ4v) is 2.17. The molecule has 0 spiro atoms. The van der Waals surface area contributed by atoms with Crippen LogP contribution in [-0.4, -0.2) is 21.2 Å². The first-order chi connectivity index (χ1) is 10.1. The summed E-state index contributed by atoms with van der Waals surface area (Å²) in [5.41, 5.74) is 1.87. The van der Waals surface area contributed by atoms with Gasteiger partial charge >= 0.3 is 5.97 Å². The van der Waals surface area contributed by atoms with Crippen molar-refractivity contribution in [2.75, 3.05) is 0 Å². The second-order valence-corrected chi connectivity index (χ2v) is 4.64. The van der Waals surface area contributed by atoms with Crippen LogP contribution in [0, 0.1) is 0 Å². The standard InChI is InChI=1S/C16H13NO4/c18-14-3-1-2-4-15(14)21-9-11-8-17-13-7-10(16(19)20)5-6-12(11)13/h1-8,17-18H,9H2,(H,19,20). The second-order valence-electron chi connectivity index (χ2n) is 4.64. The van der Waals surface area contributed by atoms with E-state index in [1.54, 1.807) is 48.7 Å². The summed E-state index contributed by atoms with van der Waals surface area (Å²) in [5, 5.41) is 19.5. The lowest BCUT2D eigenvalue weighted by Crippen LogP contribution is -1.96.